The fourth-order valence-electron chi connectivity index (χ4n) is 1.83. The molecule has 0 bridgehead atoms. The number of hydrogen-bond donors (Lipinski definition) is 1. The van der Waals surface area contributed by atoms with Crippen LogP contribution in [0, 0.1) is 10.1 Å². The van der Waals surface area contributed by atoms with E-state index >= 15 is 0 Å². The second-order valence-electron chi connectivity index (χ2n) is 4.87. The maximum absolute atomic E-state index is 11.0. The number of likely N-dealkylation sites (N-methyl/N-ethyl adjacent to an activating group) is 1. The van der Waals surface area contributed by atoms with E-state index < -0.39 is 0 Å². The van der Waals surface area contributed by atoms with Gasteiger partial charge >= 0.3 is 0 Å². The fourth-order valence-corrected chi connectivity index (χ4v) is 1.83. The second kappa shape index (κ2) is 7.64. The van der Waals surface area contributed by atoms with Crippen molar-refractivity contribution >= 4 is 17.3 Å². The molecule has 1 heterocycles. The van der Waals surface area contributed by atoms with E-state index in [0.717, 1.165) is 26.1 Å². The first-order valence-electron chi connectivity index (χ1n) is 6.71. The maximum atomic E-state index is 11.0. The van der Waals surface area contributed by atoms with Crippen LogP contribution in [-0.4, -0.2) is 55.6 Å². The van der Waals surface area contributed by atoms with E-state index in [1.165, 1.54) is 12.1 Å². The minimum atomic E-state index is -0.387. The van der Waals surface area contributed by atoms with Crippen molar-refractivity contribution in [3.05, 3.63) is 22.2 Å². The first kappa shape index (κ1) is 16.2. The number of hydrogen-bond acceptors (Lipinski definition) is 6. The molecule has 7 nitrogen and oxygen atoms in total. The molecule has 1 rings (SSSR count). The van der Waals surface area contributed by atoms with Gasteiger partial charge < -0.3 is 15.1 Å². The van der Waals surface area contributed by atoms with Crippen LogP contribution in [0.15, 0.2) is 12.1 Å². The lowest BCUT2D eigenvalue weighted by molar-refractivity contribution is -0.384. The lowest BCUT2D eigenvalue weighted by atomic mass is 10.3. The zero-order valence-electron chi connectivity index (χ0n) is 12.6. The van der Waals surface area contributed by atoms with E-state index in [1.807, 2.05) is 14.1 Å². The normalized spacial score (nSPS) is 10.7. The molecular formula is C13H23N5O2. The highest BCUT2D eigenvalue weighted by Gasteiger charge is 2.15. The zero-order chi connectivity index (χ0) is 15.1. The second-order valence-corrected chi connectivity index (χ2v) is 4.87. The number of pyridine rings is 1. The van der Waals surface area contributed by atoms with Crippen molar-refractivity contribution in [1.29, 1.82) is 0 Å². The highest BCUT2D eigenvalue weighted by Crippen LogP contribution is 2.23. The van der Waals surface area contributed by atoms with E-state index in [9.17, 15) is 10.1 Å². The monoisotopic (exact) mass is 281 g/mol. The van der Waals surface area contributed by atoms with Crippen molar-refractivity contribution in [3.63, 3.8) is 0 Å². The molecule has 0 fully saturated rings. The Morgan fingerprint density at radius 2 is 2.00 bits per heavy atom. The molecule has 112 valence electrons. The van der Waals surface area contributed by atoms with Gasteiger partial charge in [0.15, 0.2) is 0 Å². The van der Waals surface area contributed by atoms with Crippen molar-refractivity contribution in [2.24, 2.45) is 0 Å². The molecule has 0 aliphatic rings. The molecular weight excluding hydrogens is 258 g/mol. The van der Waals surface area contributed by atoms with Gasteiger partial charge in [0, 0.05) is 26.7 Å². The SMILES string of the molecule is CCCN(CCN(C)C)c1cc([N+](=O)[O-])cc(NC)n1. The zero-order valence-corrected chi connectivity index (χ0v) is 12.6. The van der Waals surface area contributed by atoms with Crippen LogP contribution in [0.2, 0.25) is 0 Å². The van der Waals surface area contributed by atoms with Gasteiger partial charge in [0.25, 0.3) is 5.69 Å². The summed E-state index contributed by atoms with van der Waals surface area (Å²) in [6, 6.07) is 2.98. The Hall–Kier alpha value is -1.89. The van der Waals surface area contributed by atoms with Gasteiger partial charge in [-0.05, 0) is 20.5 Å². The van der Waals surface area contributed by atoms with Crippen LogP contribution in [-0.2, 0) is 0 Å². The Bertz CT molecular complexity index is 450. The molecule has 0 saturated carbocycles. The molecule has 1 aromatic rings. The van der Waals surface area contributed by atoms with Crippen LogP contribution in [0.1, 0.15) is 13.3 Å². The van der Waals surface area contributed by atoms with Crippen molar-refractivity contribution < 1.29 is 4.92 Å². The van der Waals surface area contributed by atoms with Crippen molar-refractivity contribution in [1.82, 2.24) is 9.88 Å². The lowest BCUT2D eigenvalue weighted by Gasteiger charge is -2.25. The van der Waals surface area contributed by atoms with Gasteiger partial charge in [0.1, 0.15) is 11.6 Å². The molecule has 0 aliphatic heterocycles. The summed E-state index contributed by atoms with van der Waals surface area (Å²) in [6.07, 6.45) is 0.965. The van der Waals surface area contributed by atoms with Gasteiger partial charge in [-0.3, -0.25) is 10.1 Å². The third-order valence-corrected chi connectivity index (χ3v) is 2.90. The number of rotatable bonds is 8. The third-order valence-electron chi connectivity index (χ3n) is 2.90. The van der Waals surface area contributed by atoms with Gasteiger partial charge in [0.2, 0.25) is 0 Å². The Morgan fingerprint density at radius 1 is 1.30 bits per heavy atom. The Labute approximate surface area is 119 Å². The number of anilines is 2. The largest absolute Gasteiger partial charge is 0.373 e. The molecule has 0 aromatic carbocycles. The lowest BCUT2D eigenvalue weighted by Crippen LogP contribution is -2.33. The summed E-state index contributed by atoms with van der Waals surface area (Å²) in [5, 5.41) is 13.9. The summed E-state index contributed by atoms with van der Waals surface area (Å²) in [7, 11) is 5.72. The van der Waals surface area contributed by atoms with Crippen LogP contribution in [0.3, 0.4) is 0 Å². The van der Waals surface area contributed by atoms with Crippen LogP contribution in [0.25, 0.3) is 0 Å². The Balaban J connectivity index is 3.04. The molecule has 0 aliphatic carbocycles. The van der Waals surface area contributed by atoms with E-state index in [2.05, 4.69) is 27.0 Å². The average molecular weight is 281 g/mol. The van der Waals surface area contributed by atoms with Gasteiger partial charge in [0.05, 0.1) is 17.1 Å². The molecule has 0 amide bonds. The Morgan fingerprint density at radius 3 is 2.50 bits per heavy atom. The van der Waals surface area contributed by atoms with Crippen molar-refractivity contribution in [2.75, 3.05) is 51.0 Å². The molecule has 0 unspecified atom stereocenters. The minimum absolute atomic E-state index is 0.0605. The summed E-state index contributed by atoms with van der Waals surface area (Å²) in [6.45, 7) is 4.57. The van der Waals surface area contributed by atoms with E-state index in [0.29, 0.717) is 11.6 Å². The fraction of sp³-hybridized carbons (Fsp3) is 0.615. The van der Waals surface area contributed by atoms with E-state index in [-0.39, 0.29) is 10.6 Å². The van der Waals surface area contributed by atoms with Gasteiger partial charge in [-0.25, -0.2) is 4.98 Å². The maximum Gasteiger partial charge on any atom is 0.276 e. The molecule has 0 radical (unpaired) electrons. The van der Waals surface area contributed by atoms with Crippen LogP contribution in [0.5, 0.6) is 0 Å². The topological polar surface area (TPSA) is 74.5 Å². The van der Waals surface area contributed by atoms with E-state index in [4.69, 9.17) is 0 Å². The summed E-state index contributed by atoms with van der Waals surface area (Å²) in [5.41, 5.74) is 0.0605. The minimum Gasteiger partial charge on any atom is -0.373 e. The summed E-state index contributed by atoms with van der Waals surface area (Å²) < 4.78 is 0. The van der Waals surface area contributed by atoms with Crippen molar-refractivity contribution in [3.8, 4) is 0 Å². The molecule has 0 spiro atoms. The highest BCUT2D eigenvalue weighted by atomic mass is 16.6. The van der Waals surface area contributed by atoms with Crippen LogP contribution >= 0.6 is 0 Å². The summed E-state index contributed by atoms with van der Waals surface area (Å²) in [4.78, 5) is 19.2. The molecule has 0 atom stereocenters. The smallest absolute Gasteiger partial charge is 0.276 e. The van der Waals surface area contributed by atoms with Crippen LogP contribution < -0.4 is 10.2 Å². The standard InChI is InChI=1S/C13H23N5O2/c1-5-6-17(8-7-16(3)4)13-10-11(18(19)20)9-12(14-2)15-13/h9-10H,5-8H2,1-4H3,(H,14,15). The molecule has 7 heteroatoms. The quantitative estimate of drug-likeness (QED) is 0.578. The number of nitro groups is 1. The summed E-state index contributed by atoms with van der Waals surface area (Å²) >= 11 is 0. The number of nitrogens with zero attached hydrogens (tertiary/aromatic N) is 4. The third kappa shape index (κ3) is 4.65. The van der Waals surface area contributed by atoms with E-state index in [1.54, 1.807) is 7.05 Å². The highest BCUT2D eigenvalue weighted by molar-refractivity contribution is 5.55. The summed E-state index contributed by atoms with van der Waals surface area (Å²) in [5.74, 6) is 1.16. The predicted octanol–water partition coefficient (Wildman–Crippen LogP) is 1.81. The molecule has 0 saturated heterocycles. The molecule has 1 aromatic heterocycles. The average Bonchev–Trinajstić information content (AvgIpc) is 2.42. The predicted molar refractivity (Wildman–Crippen MR) is 81.5 cm³/mol. The first-order chi connectivity index (χ1) is 9.47. The van der Waals surface area contributed by atoms with Gasteiger partial charge in [-0.2, -0.15) is 0 Å². The number of aromatic nitrogens is 1. The van der Waals surface area contributed by atoms with Gasteiger partial charge in [-0.15, -0.1) is 0 Å². The van der Waals surface area contributed by atoms with Crippen LogP contribution in [0.4, 0.5) is 17.3 Å². The number of nitrogens with one attached hydrogen (secondary N) is 1. The molecule has 1 N–H and O–H groups in total. The first-order valence-corrected chi connectivity index (χ1v) is 6.71. The van der Waals surface area contributed by atoms with Gasteiger partial charge in [-0.1, -0.05) is 6.92 Å². The molecule has 20 heavy (non-hydrogen) atoms. The van der Waals surface area contributed by atoms with Crippen molar-refractivity contribution in [2.45, 2.75) is 13.3 Å². The Kier molecular flexibility index (Phi) is 6.17.